The summed E-state index contributed by atoms with van der Waals surface area (Å²) in [4.78, 5) is 12.0. The van der Waals surface area contributed by atoms with Crippen molar-refractivity contribution >= 4 is 11.6 Å². The van der Waals surface area contributed by atoms with Crippen molar-refractivity contribution in [3.63, 3.8) is 0 Å². The Morgan fingerprint density at radius 3 is 2.55 bits per heavy atom. The Morgan fingerprint density at radius 2 is 2.00 bits per heavy atom. The van der Waals surface area contributed by atoms with Crippen molar-refractivity contribution in [1.29, 1.82) is 0 Å². The molecule has 20 heavy (non-hydrogen) atoms. The molecule has 0 bridgehead atoms. The lowest BCUT2D eigenvalue weighted by atomic mass is 10.3. The highest BCUT2D eigenvalue weighted by Gasteiger charge is 2.13. The van der Waals surface area contributed by atoms with Gasteiger partial charge in [-0.05, 0) is 50.2 Å². The average Bonchev–Trinajstić information content (AvgIpc) is 2.91. The Morgan fingerprint density at radius 1 is 1.30 bits per heavy atom. The molecule has 5 nitrogen and oxygen atoms in total. The fourth-order valence-corrected chi connectivity index (χ4v) is 1.71. The number of amides is 1. The molecule has 0 aliphatic heterocycles. The van der Waals surface area contributed by atoms with Crippen LogP contribution in [0.25, 0.3) is 0 Å². The topological polar surface area (TPSA) is 77.5 Å². The number of benzene rings is 1. The number of ether oxygens (including phenoxy) is 1. The van der Waals surface area contributed by atoms with Gasteiger partial charge in [0.25, 0.3) is 5.91 Å². The molecule has 2 rings (SSSR count). The largest absolute Gasteiger partial charge is 0.494 e. The van der Waals surface area contributed by atoms with Crippen LogP contribution in [0.15, 0.2) is 40.8 Å². The van der Waals surface area contributed by atoms with Crippen molar-refractivity contribution < 1.29 is 13.9 Å². The van der Waals surface area contributed by atoms with Crippen molar-refractivity contribution in [3.05, 3.63) is 47.9 Å². The number of anilines is 1. The molecule has 0 saturated carbocycles. The maximum Gasteiger partial charge on any atom is 0.291 e. The standard InChI is InChI=1S/C15H18N2O3/c1-3-19-12-6-4-11(5-7-12)17-15(18)14-9-8-13(20-14)10(2)16/h4-10H,3,16H2,1-2H3,(H,17,18). The number of hydrogen-bond acceptors (Lipinski definition) is 4. The summed E-state index contributed by atoms with van der Waals surface area (Å²) in [5.74, 6) is 1.29. The van der Waals surface area contributed by atoms with E-state index in [1.165, 1.54) is 0 Å². The molecular formula is C15H18N2O3. The summed E-state index contributed by atoms with van der Waals surface area (Å²) in [6.07, 6.45) is 0. The third kappa shape index (κ3) is 3.39. The van der Waals surface area contributed by atoms with Gasteiger partial charge < -0.3 is 20.2 Å². The van der Waals surface area contributed by atoms with Crippen molar-refractivity contribution in [2.75, 3.05) is 11.9 Å². The van der Waals surface area contributed by atoms with E-state index in [0.717, 1.165) is 5.75 Å². The van der Waals surface area contributed by atoms with E-state index in [4.69, 9.17) is 14.9 Å². The van der Waals surface area contributed by atoms with Gasteiger partial charge in [0.1, 0.15) is 11.5 Å². The van der Waals surface area contributed by atoms with Crippen LogP contribution in [0, 0.1) is 0 Å². The Balaban J connectivity index is 2.03. The zero-order chi connectivity index (χ0) is 14.5. The molecule has 0 saturated heterocycles. The smallest absolute Gasteiger partial charge is 0.291 e. The van der Waals surface area contributed by atoms with Crippen LogP contribution in [0.5, 0.6) is 5.75 Å². The lowest BCUT2D eigenvalue weighted by Gasteiger charge is -2.06. The molecule has 106 valence electrons. The van der Waals surface area contributed by atoms with Gasteiger partial charge in [-0.3, -0.25) is 4.79 Å². The second kappa shape index (κ2) is 6.25. The van der Waals surface area contributed by atoms with Crippen LogP contribution in [0.1, 0.15) is 36.2 Å². The average molecular weight is 274 g/mol. The summed E-state index contributed by atoms with van der Waals surface area (Å²) in [6.45, 7) is 4.33. The van der Waals surface area contributed by atoms with E-state index in [1.807, 2.05) is 6.92 Å². The summed E-state index contributed by atoms with van der Waals surface area (Å²) in [5.41, 5.74) is 6.36. The summed E-state index contributed by atoms with van der Waals surface area (Å²) in [7, 11) is 0. The number of nitrogens with two attached hydrogens (primary N) is 1. The molecule has 0 aliphatic carbocycles. The Hall–Kier alpha value is -2.27. The highest BCUT2D eigenvalue weighted by atomic mass is 16.5. The molecule has 1 aromatic heterocycles. The minimum Gasteiger partial charge on any atom is -0.494 e. The Bertz CT molecular complexity index is 573. The number of carbonyl (C=O) groups is 1. The lowest BCUT2D eigenvalue weighted by molar-refractivity contribution is 0.0994. The molecule has 0 spiro atoms. The van der Waals surface area contributed by atoms with Crippen molar-refractivity contribution in [1.82, 2.24) is 0 Å². The second-order valence-electron chi connectivity index (χ2n) is 4.40. The SMILES string of the molecule is CCOc1ccc(NC(=O)c2ccc(C(C)N)o2)cc1. The van der Waals surface area contributed by atoms with E-state index in [2.05, 4.69) is 5.32 Å². The molecule has 3 N–H and O–H groups in total. The lowest BCUT2D eigenvalue weighted by Crippen LogP contribution is -2.11. The Kier molecular flexibility index (Phi) is 4.42. The van der Waals surface area contributed by atoms with Gasteiger partial charge in [0.2, 0.25) is 0 Å². The second-order valence-corrected chi connectivity index (χ2v) is 4.40. The third-order valence-corrected chi connectivity index (χ3v) is 2.72. The number of carbonyl (C=O) groups excluding carboxylic acids is 1. The minimum absolute atomic E-state index is 0.234. The van der Waals surface area contributed by atoms with Crippen LogP contribution in [0.3, 0.4) is 0 Å². The quantitative estimate of drug-likeness (QED) is 0.878. The summed E-state index contributed by atoms with van der Waals surface area (Å²) in [6, 6.07) is 10.2. The van der Waals surface area contributed by atoms with Gasteiger partial charge in [-0.25, -0.2) is 0 Å². The first-order chi connectivity index (χ1) is 9.60. The molecule has 5 heteroatoms. The molecule has 0 aliphatic rings. The number of nitrogens with one attached hydrogen (secondary N) is 1. The molecule has 1 amide bonds. The monoisotopic (exact) mass is 274 g/mol. The molecule has 1 atom stereocenters. The zero-order valence-electron chi connectivity index (χ0n) is 11.6. The molecule has 1 aromatic carbocycles. The van der Waals surface area contributed by atoms with Gasteiger partial charge in [-0.15, -0.1) is 0 Å². The highest BCUT2D eigenvalue weighted by molar-refractivity contribution is 6.02. The minimum atomic E-state index is -0.305. The number of furan rings is 1. The predicted molar refractivity (Wildman–Crippen MR) is 76.9 cm³/mol. The van der Waals surface area contributed by atoms with Crippen molar-refractivity contribution in [3.8, 4) is 5.75 Å². The number of hydrogen-bond donors (Lipinski definition) is 2. The van der Waals surface area contributed by atoms with Crippen LogP contribution in [0.4, 0.5) is 5.69 Å². The zero-order valence-corrected chi connectivity index (χ0v) is 11.6. The van der Waals surface area contributed by atoms with Gasteiger partial charge in [0, 0.05) is 5.69 Å². The van der Waals surface area contributed by atoms with Crippen LogP contribution >= 0.6 is 0 Å². The highest BCUT2D eigenvalue weighted by Crippen LogP contribution is 2.18. The molecule has 1 heterocycles. The maximum absolute atomic E-state index is 12.0. The van der Waals surface area contributed by atoms with Crippen LogP contribution < -0.4 is 15.8 Å². The van der Waals surface area contributed by atoms with Crippen molar-refractivity contribution in [2.45, 2.75) is 19.9 Å². The van der Waals surface area contributed by atoms with E-state index in [1.54, 1.807) is 43.3 Å². The molecule has 1 unspecified atom stereocenters. The fourth-order valence-electron chi connectivity index (χ4n) is 1.71. The van der Waals surface area contributed by atoms with E-state index in [0.29, 0.717) is 18.1 Å². The van der Waals surface area contributed by atoms with Crippen LogP contribution in [0.2, 0.25) is 0 Å². The summed E-state index contributed by atoms with van der Waals surface area (Å²) < 4.78 is 10.7. The number of rotatable bonds is 5. The Labute approximate surface area is 117 Å². The third-order valence-electron chi connectivity index (χ3n) is 2.72. The molecule has 2 aromatic rings. The molecule has 0 radical (unpaired) electrons. The normalized spacial score (nSPS) is 11.9. The first kappa shape index (κ1) is 14.1. The first-order valence-electron chi connectivity index (χ1n) is 6.49. The van der Waals surface area contributed by atoms with E-state index >= 15 is 0 Å². The van der Waals surface area contributed by atoms with E-state index in [-0.39, 0.29) is 17.7 Å². The first-order valence-corrected chi connectivity index (χ1v) is 6.49. The summed E-state index contributed by atoms with van der Waals surface area (Å²) >= 11 is 0. The van der Waals surface area contributed by atoms with Crippen LogP contribution in [-0.4, -0.2) is 12.5 Å². The van der Waals surface area contributed by atoms with Gasteiger partial charge in [0.05, 0.1) is 12.6 Å². The van der Waals surface area contributed by atoms with Gasteiger partial charge in [-0.2, -0.15) is 0 Å². The summed E-state index contributed by atoms with van der Waals surface area (Å²) in [5, 5.41) is 2.75. The predicted octanol–water partition coefficient (Wildman–Crippen LogP) is 2.95. The van der Waals surface area contributed by atoms with E-state index in [9.17, 15) is 4.79 Å². The van der Waals surface area contributed by atoms with Gasteiger partial charge in [0.15, 0.2) is 5.76 Å². The fraction of sp³-hybridized carbons (Fsp3) is 0.267. The maximum atomic E-state index is 12.0. The van der Waals surface area contributed by atoms with E-state index < -0.39 is 0 Å². The van der Waals surface area contributed by atoms with Gasteiger partial charge >= 0.3 is 0 Å². The molecular weight excluding hydrogens is 256 g/mol. The van der Waals surface area contributed by atoms with Gasteiger partial charge in [-0.1, -0.05) is 0 Å². The van der Waals surface area contributed by atoms with Crippen LogP contribution in [-0.2, 0) is 0 Å². The van der Waals surface area contributed by atoms with Crippen molar-refractivity contribution in [2.24, 2.45) is 5.73 Å². The molecule has 0 fully saturated rings.